The minimum atomic E-state index is -2.95. The number of sulfone groups is 1. The lowest BCUT2D eigenvalue weighted by Crippen LogP contribution is -2.41. The molecule has 1 aliphatic carbocycles. The lowest BCUT2D eigenvalue weighted by molar-refractivity contribution is 0.114. The highest BCUT2D eigenvalue weighted by Crippen LogP contribution is 2.28. The Morgan fingerprint density at radius 2 is 1.96 bits per heavy atom. The highest BCUT2D eigenvalue weighted by molar-refractivity contribution is 14.0. The first-order valence-corrected chi connectivity index (χ1v) is 9.73. The van der Waals surface area contributed by atoms with Crippen LogP contribution in [0.1, 0.15) is 12.8 Å². The van der Waals surface area contributed by atoms with Gasteiger partial charge < -0.3 is 19.7 Å². The molecule has 0 aliphatic heterocycles. The lowest BCUT2D eigenvalue weighted by atomic mass is 10.5. The van der Waals surface area contributed by atoms with Gasteiger partial charge >= 0.3 is 0 Å². The van der Waals surface area contributed by atoms with Crippen LogP contribution in [-0.2, 0) is 19.3 Å². The molecule has 0 bridgehead atoms. The number of guanidine groups is 1. The molecular weight excluding hydrogens is 433 g/mol. The SMILES string of the molecule is CN=C(NCCOCCS(C)(=O)=O)N(C)CCOCC1CC1.I. The van der Waals surface area contributed by atoms with Gasteiger partial charge in [-0.3, -0.25) is 4.99 Å². The van der Waals surface area contributed by atoms with Crippen LogP contribution in [0.3, 0.4) is 0 Å². The molecule has 138 valence electrons. The van der Waals surface area contributed by atoms with Crippen LogP contribution in [-0.4, -0.2) is 84.9 Å². The molecule has 0 aromatic carbocycles. The van der Waals surface area contributed by atoms with Crippen LogP contribution >= 0.6 is 24.0 Å². The fraction of sp³-hybridized carbons (Fsp3) is 0.929. The number of hydrogen-bond acceptors (Lipinski definition) is 5. The summed E-state index contributed by atoms with van der Waals surface area (Å²) in [6, 6.07) is 0. The molecule has 0 aromatic heterocycles. The van der Waals surface area contributed by atoms with Gasteiger partial charge in [0.25, 0.3) is 0 Å². The molecule has 1 aliphatic rings. The maximum atomic E-state index is 10.9. The minimum absolute atomic E-state index is 0. The molecule has 0 heterocycles. The second kappa shape index (κ2) is 12.3. The van der Waals surface area contributed by atoms with Crippen molar-refractivity contribution < 1.29 is 17.9 Å². The smallest absolute Gasteiger partial charge is 0.193 e. The lowest BCUT2D eigenvalue weighted by Gasteiger charge is -2.22. The fourth-order valence-corrected chi connectivity index (χ4v) is 2.19. The quantitative estimate of drug-likeness (QED) is 0.209. The van der Waals surface area contributed by atoms with E-state index in [9.17, 15) is 8.42 Å². The maximum Gasteiger partial charge on any atom is 0.193 e. The number of aliphatic imine (C=N–C) groups is 1. The average Bonchev–Trinajstić information content (AvgIpc) is 3.25. The van der Waals surface area contributed by atoms with Gasteiger partial charge in [0.2, 0.25) is 0 Å². The second-order valence-corrected chi connectivity index (χ2v) is 7.92. The summed E-state index contributed by atoms with van der Waals surface area (Å²) in [6.07, 6.45) is 3.81. The number of nitrogens with one attached hydrogen (secondary N) is 1. The third-order valence-corrected chi connectivity index (χ3v) is 4.23. The van der Waals surface area contributed by atoms with Crippen LogP contribution in [0.25, 0.3) is 0 Å². The van der Waals surface area contributed by atoms with E-state index < -0.39 is 9.84 Å². The standard InChI is InChI=1S/C14H29N3O4S.HI/c1-15-14(16-6-8-20-10-11-22(3,18)19)17(2)7-9-21-12-13-4-5-13;/h13H,4-12H2,1-3H3,(H,15,16);1H. The summed E-state index contributed by atoms with van der Waals surface area (Å²) in [4.78, 5) is 6.20. The van der Waals surface area contributed by atoms with E-state index in [0.29, 0.717) is 19.8 Å². The fourth-order valence-electron chi connectivity index (χ4n) is 1.77. The van der Waals surface area contributed by atoms with Crippen LogP contribution in [0.4, 0.5) is 0 Å². The van der Waals surface area contributed by atoms with Crippen molar-refractivity contribution in [2.75, 3.05) is 65.6 Å². The van der Waals surface area contributed by atoms with Gasteiger partial charge in [-0.05, 0) is 18.8 Å². The first-order chi connectivity index (χ1) is 10.4. The molecule has 0 atom stereocenters. The monoisotopic (exact) mass is 463 g/mol. The van der Waals surface area contributed by atoms with E-state index in [2.05, 4.69) is 10.3 Å². The Hall–Kier alpha value is -0.130. The molecule has 0 spiro atoms. The van der Waals surface area contributed by atoms with Crippen molar-refractivity contribution in [2.45, 2.75) is 12.8 Å². The van der Waals surface area contributed by atoms with Crippen molar-refractivity contribution in [2.24, 2.45) is 10.9 Å². The third kappa shape index (κ3) is 12.9. The van der Waals surface area contributed by atoms with Crippen LogP contribution < -0.4 is 5.32 Å². The molecule has 0 amide bonds. The van der Waals surface area contributed by atoms with Gasteiger partial charge in [-0.2, -0.15) is 0 Å². The average molecular weight is 463 g/mol. The van der Waals surface area contributed by atoms with Crippen molar-refractivity contribution >= 4 is 39.8 Å². The van der Waals surface area contributed by atoms with Crippen LogP contribution in [0.2, 0.25) is 0 Å². The van der Waals surface area contributed by atoms with Gasteiger partial charge in [0.05, 0.1) is 25.6 Å². The van der Waals surface area contributed by atoms with Gasteiger partial charge in [0.1, 0.15) is 9.84 Å². The largest absolute Gasteiger partial charge is 0.379 e. The molecule has 0 aromatic rings. The molecular formula is C14H30IN3O4S. The molecule has 0 radical (unpaired) electrons. The number of rotatable bonds is 11. The van der Waals surface area contributed by atoms with Crippen molar-refractivity contribution in [1.29, 1.82) is 0 Å². The van der Waals surface area contributed by atoms with Crippen LogP contribution in [0, 0.1) is 5.92 Å². The van der Waals surface area contributed by atoms with Gasteiger partial charge in [-0.15, -0.1) is 24.0 Å². The van der Waals surface area contributed by atoms with Gasteiger partial charge in [-0.1, -0.05) is 0 Å². The summed E-state index contributed by atoms with van der Waals surface area (Å²) < 4.78 is 32.8. The molecule has 0 unspecified atom stereocenters. The van der Waals surface area contributed by atoms with Crippen LogP contribution in [0.15, 0.2) is 4.99 Å². The zero-order valence-corrected chi connectivity index (χ0v) is 17.4. The molecule has 23 heavy (non-hydrogen) atoms. The van der Waals surface area contributed by atoms with E-state index in [1.807, 2.05) is 11.9 Å². The summed E-state index contributed by atoms with van der Waals surface area (Å²) in [5.41, 5.74) is 0. The van der Waals surface area contributed by atoms with Gasteiger partial charge in [0, 0.05) is 40.0 Å². The molecule has 1 fully saturated rings. The zero-order chi connectivity index (χ0) is 16.4. The molecule has 0 saturated heterocycles. The summed E-state index contributed by atoms with van der Waals surface area (Å²) in [7, 11) is 0.738. The summed E-state index contributed by atoms with van der Waals surface area (Å²) >= 11 is 0. The van der Waals surface area contributed by atoms with Crippen molar-refractivity contribution in [3.63, 3.8) is 0 Å². The molecule has 7 nitrogen and oxygen atoms in total. The van der Waals surface area contributed by atoms with E-state index in [0.717, 1.165) is 25.0 Å². The Balaban J connectivity index is 0.00000484. The van der Waals surface area contributed by atoms with E-state index in [-0.39, 0.29) is 36.3 Å². The Morgan fingerprint density at radius 3 is 2.52 bits per heavy atom. The van der Waals surface area contributed by atoms with E-state index in [4.69, 9.17) is 9.47 Å². The van der Waals surface area contributed by atoms with Crippen molar-refractivity contribution in [3.05, 3.63) is 0 Å². The van der Waals surface area contributed by atoms with Gasteiger partial charge in [-0.25, -0.2) is 8.42 Å². The molecule has 9 heteroatoms. The summed E-state index contributed by atoms with van der Waals surface area (Å²) in [6.45, 7) is 3.60. The first kappa shape index (κ1) is 22.9. The highest BCUT2D eigenvalue weighted by Gasteiger charge is 2.21. The summed E-state index contributed by atoms with van der Waals surface area (Å²) in [5, 5.41) is 3.17. The normalized spacial score (nSPS) is 15.2. The zero-order valence-electron chi connectivity index (χ0n) is 14.3. The number of likely N-dealkylation sites (N-methyl/N-ethyl adjacent to an activating group) is 1. The molecule has 1 N–H and O–H groups in total. The van der Waals surface area contributed by atoms with Crippen molar-refractivity contribution in [1.82, 2.24) is 10.2 Å². The Morgan fingerprint density at radius 1 is 1.26 bits per heavy atom. The topological polar surface area (TPSA) is 80.2 Å². The minimum Gasteiger partial charge on any atom is -0.379 e. The Labute approximate surface area is 157 Å². The van der Waals surface area contributed by atoms with E-state index in [1.165, 1.54) is 19.1 Å². The van der Waals surface area contributed by atoms with Crippen molar-refractivity contribution in [3.8, 4) is 0 Å². The van der Waals surface area contributed by atoms with E-state index in [1.54, 1.807) is 7.05 Å². The summed E-state index contributed by atoms with van der Waals surface area (Å²) in [5.74, 6) is 1.62. The predicted molar refractivity (Wildman–Crippen MR) is 103 cm³/mol. The third-order valence-electron chi connectivity index (χ3n) is 3.32. The van der Waals surface area contributed by atoms with E-state index >= 15 is 0 Å². The maximum absolute atomic E-state index is 10.9. The number of hydrogen-bond donors (Lipinski definition) is 1. The number of ether oxygens (including phenoxy) is 2. The Kier molecular flexibility index (Phi) is 12.2. The predicted octanol–water partition coefficient (Wildman–Crippen LogP) is 0.599. The molecule has 1 saturated carbocycles. The number of halogens is 1. The second-order valence-electron chi connectivity index (χ2n) is 5.66. The van der Waals surface area contributed by atoms with Crippen LogP contribution in [0.5, 0.6) is 0 Å². The first-order valence-electron chi connectivity index (χ1n) is 7.67. The highest BCUT2D eigenvalue weighted by atomic mass is 127. The van der Waals surface area contributed by atoms with Gasteiger partial charge in [0.15, 0.2) is 5.96 Å². The molecule has 1 rings (SSSR count). The number of nitrogens with zero attached hydrogens (tertiary/aromatic N) is 2. The Bertz CT molecular complexity index is 441.